The van der Waals surface area contributed by atoms with E-state index in [0.29, 0.717) is 0 Å². The Morgan fingerprint density at radius 3 is 2.50 bits per heavy atom. The second kappa shape index (κ2) is 6.21. The van der Waals surface area contributed by atoms with Crippen LogP contribution in [0.15, 0.2) is 0 Å². The smallest absolute Gasteiger partial charge is 0.323 e. The average Bonchev–Trinajstić information content (AvgIpc) is 2.30. The van der Waals surface area contributed by atoms with Gasteiger partial charge in [-0.05, 0) is 13.3 Å². The molecular weight excluding hydrogens is 204 g/mol. The van der Waals surface area contributed by atoms with Crippen LogP contribution in [0, 0.1) is 0 Å². The third-order valence-corrected chi connectivity index (χ3v) is 3.54. The highest BCUT2D eigenvalue weighted by Gasteiger charge is 2.39. The van der Waals surface area contributed by atoms with Crippen molar-refractivity contribution in [2.24, 2.45) is 0 Å². The minimum Gasteiger partial charge on any atom is -0.480 e. The van der Waals surface area contributed by atoms with Gasteiger partial charge in [0.05, 0.1) is 0 Å². The molecule has 1 aliphatic heterocycles. The van der Waals surface area contributed by atoms with Crippen molar-refractivity contribution in [3.8, 4) is 0 Å². The molecule has 1 aliphatic rings. The van der Waals surface area contributed by atoms with Gasteiger partial charge in [0.2, 0.25) is 0 Å². The largest absolute Gasteiger partial charge is 0.480 e. The predicted octanol–water partition coefficient (Wildman–Crippen LogP) is 1.32. The van der Waals surface area contributed by atoms with Gasteiger partial charge in [-0.1, -0.05) is 26.2 Å². The number of carbonyl (C=O) groups is 1. The number of piperazine rings is 1. The topological polar surface area (TPSA) is 52.6 Å². The Hall–Kier alpha value is -0.610. The molecule has 1 rings (SSSR count). The third kappa shape index (κ3) is 3.19. The molecule has 0 aromatic carbocycles. The number of carboxylic acid groups (broad SMARTS) is 1. The van der Waals surface area contributed by atoms with E-state index in [1.807, 2.05) is 6.92 Å². The van der Waals surface area contributed by atoms with Crippen molar-refractivity contribution in [3.05, 3.63) is 0 Å². The molecule has 0 aromatic heterocycles. The lowest BCUT2D eigenvalue weighted by molar-refractivity contribution is -0.151. The number of nitrogens with one attached hydrogen (secondary N) is 1. The van der Waals surface area contributed by atoms with Crippen LogP contribution >= 0.6 is 0 Å². The van der Waals surface area contributed by atoms with E-state index in [-0.39, 0.29) is 0 Å². The minimum atomic E-state index is -0.675. The summed E-state index contributed by atoms with van der Waals surface area (Å²) >= 11 is 0. The van der Waals surface area contributed by atoms with E-state index in [2.05, 4.69) is 17.1 Å². The van der Waals surface area contributed by atoms with Crippen LogP contribution in [-0.4, -0.2) is 47.7 Å². The van der Waals surface area contributed by atoms with Crippen molar-refractivity contribution in [1.82, 2.24) is 10.2 Å². The number of carboxylic acids is 1. The predicted molar refractivity (Wildman–Crippen MR) is 64.6 cm³/mol. The molecule has 0 aromatic rings. The van der Waals surface area contributed by atoms with Crippen LogP contribution < -0.4 is 5.32 Å². The molecule has 0 amide bonds. The summed E-state index contributed by atoms with van der Waals surface area (Å²) < 4.78 is 0. The summed E-state index contributed by atoms with van der Waals surface area (Å²) in [6.07, 6.45) is 4.02. The van der Waals surface area contributed by atoms with E-state index < -0.39 is 11.5 Å². The number of hydrogen-bond donors (Lipinski definition) is 2. The highest BCUT2D eigenvalue weighted by Crippen LogP contribution is 2.23. The molecule has 1 fully saturated rings. The third-order valence-electron chi connectivity index (χ3n) is 3.54. The Kier molecular flexibility index (Phi) is 5.22. The second-order valence-electron chi connectivity index (χ2n) is 4.77. The van der Waals surface area contributed by atoms with Crippen LogP contribution in [0.25, 0.3) is 0 Å². The van der Waals surface area contributed by atoms with E-state index in [9.17, 15) is 9.90 Å². The molecule has 1 saturated heterocycles. The van der Waals surface area contributed by atoms with Gasteiger partial charge < -0.3 is 10.4 Å². The first-order valence-electron chi connectivity index (χ1n) is 6.30. The average molecular weight is 228 g/mol. The molecule has 1 unspecified atom stereocenters. The standard InChI is InChI=1S/C12H24N2O2/c1-3-4-5-6-12(2,11(15)16)14-9-7-13-8-10-14/h13H,3-10H2,1-2H3,(H,15,16). The normalized spacial score (nSPS) is 21.6. The molecule has 0 saturated carbocycles. The Bertz CT molecular complexity index is 227. The summed E-state index contributed by atoms with van der Waals surface area (Å²) in [5.74, 6) is -0.675. The summed E-state index contributed by atoms with van der Waals surface area (Å²) in [7, 11) is 0. The first kappa shape index (κ1) is 13.5. The highest BCUT2D eigenvalue weighted by atomic mass is 16.4. The van der Waals surface area contributed by atoms with Crippen LogP contribution in [0.1, 0.15) is 39.5 Å². The summed E-state index contributed by atoms with van der Waals surface area (Å²) in [5.41, 5.74) is -0.669. The van der Waals surface area contributed by atoms with Crippen molar-refractivity contribution in [2.75, 3.05) is 26.2 Å². The Morgan fingerprint density at radius 1 is 1.38 bits per heavy atom. The number of unbranched alkanes of at least 4 members (excludes halogenated alkanes) is 2. The Morgan fingerprint density at radius 2 is 2.00 bits per heavy atom. The fourth-order valence-electron chi connectivity index (χ4n) is 2.28. The van der Waals surface area contributed by atoms with E-state index >= 15 is 0 Å². The molecule has 0 spiro atoms. The minimum absolute atomic E-state index is 0.669. The lowest BCUT2D eigenvalue weighted by Crippen LogP contribution is -2.58. The molecule has 2 N–H and O–H groups in total. The van der Waals surface area contributed by atoms with E-state index in [1.54, 1.807) is 0 Å². The Labute approximate surface area is 98.0 Å². The van der Waals surface area contributed by atoms with Crippen LogP contribution in [0.4, 0.5) is 0 Å². The molecule has 4 nitrogen and oxygen atoms in total. The SMILES string of the molecule is CCCCCC(C)(C(=O)O)N1CCNCC1. The van der Waals surface area contributed by atoms with Crippen molar-refractivity contribution >= 4 is 5.97 Å². The lowest BCUT2D eigenvalue weighted by atomic mass is 9.91. The quantitative estimate of drug-likeness (QED) is 0.673. The molecule has 16 heavy (non-hydrogen) atoms. The summed E-state index contributed by atoms with van der Waals surface area (Å²) in [5, 5.41) is 12.7. The van der Waals surface area contributed by atoms with Gasteiger partial charge in [0, 0.05) is 26.2 Å². The van der Waals surface area contributed by atoms with Gasteiger partial charge in [-0.15, -0.1) is 0 Å². The molecule has 0 aliphatic carbocycles. The summed E-state index contributed by atoms with van der Waals surface area (Å²) in [6, 6.07) is 0. The van der Waals surface area contributed by atoms with Crippen molar-refractivity contribution in [1.29, 1.82) is 0 Å². The van der Waals surface area contributed by atoms with Crippen molar-refractivity contribution < 1.29 is 9.90 Å². The van der Waals surface area contributed by atoms with E-state index in [1.165, 1.54) is 0 Å². The van der Waals surface area contributed by atoms with E-state index in [4.69, 9.17) is 0 Å². The van der Waals surface area contributed by atoms with Crippen LogP contribution in [0.2, 0.25) is 0 Å². The number of hydrogen-bond acceptors (Lipinski definition) is 3. The summed E-state index contributed by atoms with van der Waals surface area (Å²) in [6.45, 7) is 7.50. The lowest BCUT2D eigenvalue weighted by Gasteiger charge is -2.40. The maximum Gasteiger partial charge on any atom is 0.323 e. The van der Waals surface area contributed by atoms with Gasteiger partial charge in [0.15, 0.2) is 0 Å². The highest BCUT2D eigenvalue weighted by molar-refractivity contribution is 5.78. The molecule has 0 radical (unpaired) electrons. The van der Waals surface area contributed by atoms with Crippen LogP contribution in [0.3, 0.4) is 0 Å². The molecule has 1 atom stereocenters. The monoisotopic (exact) mass is 228 g/mol. The first-order valence-corrected chi connectivity index (χ1v) is 6.30. The number of aliphatic carboxylic acids is 1. The van der Waals surface area contributed by atoms with Gasteiger partial charge in [-0.25, -0.2) is 0 Å². The molecule has 0 bridgehead atoms. The fraction of sp³-hybridized carbons (Fsp3) is 0.917. The Balaban J connectivity index is 2.58. The zero-order chi connectivity index (χ0) is 12.0. The van der Waals surface area contributed by atoms with Gasteiger partial charge in [-0.3, -0.25) is 9.69 Å². The summed E-state index contributed by atoms with van der Waals surface area (Å²) in [4.78, 5) is 13.6. The van der Waals surface area contributed by atoms with Crippen LogP contribution in [-0.2, 0) is 4.79 Å². The van der Waals surface area contributed by atoms with E-state index in [0.717, 1.165) is 51.9 Å². The van der Waals surface area contributed by atoms with Gasteiger partial charge in [-0.2, -0.15) is 0 Å². The zero-order valence-corrected chi connectivity index (χ0v) is 10.5. The maximum atomic E-state index is 11.5. The molecule has 4 heteroatoms. The van der Waals surface area contributed by atoms with Crippen molar-refractivity contribution in [3.63, 3.8) is 0 Å². The maximum absolute atomic E-state index is 11.5. The van der Waals surface area contributed by atoms with Gasteiger partial charge in [0.25, 0.3) is 0 Å². The fourth-order valence-corrected chi connectivity index (χ4v) is 2.28. The molecule has 1 heterocycles. The zero-order valence-electron chi connectivity index (χ0n) is 10.5. The van der Waals surface area contributed by atoms with Crippen LogP contribution in [0.5, 0.6) is 0 Å². The van der Waals surface area contributed by atoms with Gasteiger partial charge >= 0.3 is 5.97 Å². The first-order chi connectivity index (χ1) is 7.61. The number of rotatable bonds is 6. The number of nitrogens with zero attached hydrogens (tertiary/aromatic N) is 1. The van der Waals surface area contributed by atoms with Crippen molar-refractivity contribution in [2.45, 2.75) is 45.1 Å². The second-order valence-corrected chi connectivity index (χ2v) is 4.77. The molecule has 94 valence electrons. The van der Waals surface area contributed by atoms with Gasteiger partial charge in [0.1, 0.15) is 5.54 Å². The molecular formula is C12H24N2O2.